The molecule has 5 heteroatoms. The summed E-state index contributed by atoms with van der Waals surface area (Å²) in [6.45, 7) is 7.35. The fourth-order valence-corrected chi connectivity index (χ4v) is 5.26. The van der Waals surface area contributed by atoms with Gasteiger partial charge in [0.05, 0.1) is 8.07 Å². The number of benzene rings is 2. The van der Waals surface area contributed by atoms with Gasteiger partial charge in [-0.1, -0.05) is 49.5 Å². The number of hydrogen-bond donors (Lipinski definition) is 0. The van der Waals surface area contributed by atoms with Crippen LogP contribution in [0.2, 0.25) is 19.6 Å². The Morgan fingerprint density at radius 3 is 2.05 bits per heavy atom. The number of halogens is 3. The molecule has 1 aliphatic rings. The smallest absolute Gasteiger partial charge is 0.0546 e. The molecule has 0 saturated heterocycles. The topological polar surface area (TPSA) is 0 Å². The average molecular weight is 395 g/mol. The van der Waals surface area contributed by atoms with Gasteiger partial charge in [-0.05, 0) is 11.1 Å². The van der Waals surface area contributed by atoms with Crippen molar-refractivity contribution < 1.29 is 21.7 Å². The quantitative estimate of drug-likeness (QED) is 0.427. The zero-order chi connectivity index (χ0) is 12.0. The third-order valence-electron chi connectivity index (χ3n) is 3.60. The summed E-state index contributed by atoms with van der Waals surface area (Å²) >= 11 is 0. The molecular weight excluding hydrogens is 374 g/mol. The number of rotatable bonds is 1. The molecule has 0 saturated carbocycles. The van der Waals surface area contributed by atoms with Crippen LogP contribution in [0.15, 0.2) is 42.5 Å². The van der Waals surface area contributed by atoms with E-state index in [1.165, 1.54) is 22.3 Å². The Morgan fingerprint density at radius 1 is 0.857 bits per heavy atom. The summed E-state index contributed by atoms with van der Waals surface area (Å²) in [6, 6.07) is 18.7. The van der Waals surface area contributed by atoms with E-state index in [0.717, 1.165) is 0 Å². The van der Waals surface area contributed by atoms with Gasteiger partial charge in [0, 0.05) is 21.7 Å². The summed E-state index contributed by atoms with van der Waals surface area (Å²) in [4.78, 5) is 0. The average Bonchev–Trinajstić information content (AvgIpc) is 2.63. The van der Waals surface area contributed by atoms with E-state index in [0.29, 0.717) is 5.54 Å². The van der Waals surface area contributed by atoms with E-state index in [-0.39, 0.29) is 58.9 Å². The molecule has 114 valence electrons. The van der Waals surface area contributed by atoms with E-state index in [4.69, 9.17) is 0 Å². The van der Waals surface area contributed by atoms with Gasteiger partial charge in [0.1, 0.15) is 0 Å². The fourth-order valence-electron chi connectivity index (χ4n) is 2.97. The van der Waals surface area contributed by atoms with Gasteiger partial charge in [-0.3, -0.25) is 0 Å². The van der Waals surface area contributed by atoms with Gasteiger partial charge in [-0.25, -0.2) is 0 Å². The summed E-state index contributed by atoms with van der Waals surface area (Å²) in [5.74, 6) is 0. The first-order chi connectivity index (χ1) is 8.09. The first-order valence-electron chi connectivity index (χ1n) is 6.19. The minimum absolute atomic E-state index is 0. The van der Waals surface area contributed by atoms with Crippen molar-refractivity contribution >= 4 is 45.3 Å². The van der Waals surface area contributed by atoms with Crippen LogP contribution in [0.3, 0.4) is 0 Å². The van der Waals surface area contributed by atoms with Gasteiger partial charge in [0.2, 0.25) is 0 Å². The Balaban J connectivity index is 0. The van der Waals surface area contributed by atoms with E-state index >= 15 is 0 Å². The van der Waals surface area contributed by atoms with E-state index in [9.17, 15) is 0 Å². The zero-order valence-corrected chi connectivity index (χ0v) is 17.4. The van der Waals surface area contributed by atoms with Crippen molar-refractivity contribution in [2.24, 2.45) is 0 Å². The van der Waals surface area contributed by atoms with Crippen molar-refractivity contribution in [3.05, 3.63) is 59.7 Å². The molecule has 1 unspecified atom stereocenters. The molecule has 0 nitrogen and oxygen atoms in total. The number of fused-ring (bicyclic) bond motifs is 3. The molecule has 0 aliphatic heterocycles. The van der Waals surface area contributed by atoms with Gasteiger partial charge in [0.25, 0.3) is 0 Å². The molecule has 1 aliphatic carbocycles. The molecule has 0 spiro atoms. The van der Waals surface area contributed by atoms with Crippen LogP contribution in [0.5, 0.6) is 0 Å². The molecule has 0 radical (unpaired) electrons. The van der Waals surface area contributed by atoms with Crippen molar-refractivity contribution in [1.82, 2.24) is 0 Å². The SMILES string of the molecule is C[Si](C)(C)C1c2[c-]cccc2-c2ccccc21.Cl.Cl.Cl.[Ti]. The van der Waals surface area contributed by atoms with Gasteiger partial charge >= 0.3 is 0 Å². The molecule has 0 amide bonds. The summed E-state index contributed by atoms with van der Waals surface area (Å²) in [7, 11) is -1.26. The van der Waals surface area contributed by atoms with Crippen molar-refractivity contribution in [2.75, 3.05) is 0 Å². The first kappa shape index (κ1) is 23.5. The third-order valence-corrected chi connectivity index (χ3v) is 5.94. The van der Waals surface area contributed by atoms with Gasteiger partial charge < -0.3 is 0 Å². The molecule has 2 aromatic rings. The largest absolute Gasteiger partial charge is 0.179 e. The molecule has 0 bridgehead atoms. The Labute approximate surface area is 162 Å². The zero-order valence-electron chi connectivity index (χ0n) is 12.3. The molecule has 21 heavy (non-hydrogen) atoms. The van der Waals surface area contributed by atoms with Crippen LogP contribution in [-0.4, -0.2) is 8.07 Å². The van der Waals surface area contributed by atoms with Crippen LogP contribution in [0, 0.1) is 6.07 Å². The Morgan fingerprint density at radius 2 is 1.43 bits per heavy atom. The predicted octanol–water partition coefficient (Wildman–Crippen LogP) is 5.74. The van der Waals surface area contributed by atoms with Gasteiger partial charge in [-0.2, -0.15) is 24.3 Å². The second-order valence-corrected chi connectivity index (χ2v) is 11.2. The normalized spacial score (nSPS) is 14.3. The van der Waals surface area contributed by atoms with Crippen LogP contribution >= 0.6 is 37.2 Å². The van der Waals surface area contributed by atoms with E-state index in [1.807, 2.05) is 0 Å². The van der Waals surface area contributed by atoms with E-state index < -0.39 is 8.07 Å². The molecule has 0 heterocycles. The minimum Gasteiger partial charge on any atom is -0.179 e. The molecule has 0 aromatic heterocycles. The Hall–Kier alpha value is 0.241. The molecule has 3 rings (SSSR count). The summed E-state index contributed by atoms with van der Waals surface area (Å²) in [6.07, 6.45) is 0. The van der Waals surface area contributed by atoms with Crippen LogP contribution < -0.4 is 0 Å². The summed E-state index contributed by atoms with van der Waals surface area (Å²) in [5.41, 5.74) is 6.37. The van der Waals surface area contributed by atoms with Gasteiger partial charge in [-0.15, -0.1) is 48.3 Å². The van der Waals surface area contributed by atoms with Crippen LogP contribution in [0.1, 0.15) is 16.7 Å². The third kappa shape index (κ3) is 4.16. The maximum Gasteiger partial charge on any atom is 0.0546 e. The Kier molecular flexibility index (Phi) is 9.81. The molecular formula is C16H20Cl3SiTi-. The summed E-state index contributed by atoms with van der Waals surface area (Å²) < 4.78 is 0. The van der Waals surface area contributed by atoms with Crippen molar-refractivity contribution in [2.45, 2.75) is 25.2 Å². The molecule has 1 atom stereocenters. The van der Waals surface area contributed by atoms with Crippen LogP contribution in [0.4, 0.5) is 0 Å². The second kappa shape index (κ2) is 8.76. The monoisotopic (exact) mass is 393 g/mol. The first-order valence-corrected chi connectivity index (χ1v) is 9.76. The second-order valence-electron chi connectivity index (χ2n) is 5.88. The van der Waals surface area contributed by atoms with E-state index in [1.54, 1.807) is 0 Å². The predicted molar refractivity (Wildman–Crippen MR) is 97.6 cm³/mol. The molecule has 0 fully saturated rings. The van der Waals surface area contributed by atoms with Crippen molar-refractivity contribution in [3.8, 4) is 11.1 Å². The summed E-state index contributed by atoms with van der Waals surface area (Å²) in [5, 5.41) is 0. The van der Waals surface area contributed by atoms with Crippen LogP contribution in [0.25, 0.3) is 11.1 Å². The van der Waals surface area contributed by atoms with Crippen LogP contribution in [-0.2, 0) is 21.7 Å². The molecule has 0 N–H and O–H groups in total. The maximum absolute atomic E-state index is 3.49. The number of hydrogen-bond acceptors (Lipinski definition) is 0. The standard InChI is InChI=1S/C16H17Si.3ClH.Ti/c1-17(2,3)16-14-10-6-4-8-12(14)13-9-5-7-11-15(13)16;;;;/h4-10,16H,1-3H3;3*1H;/q-1;;;;. The van der Waals surface area contributed by atoms with Crippen molar-refractivity contribution in [1.29, 1.82) is 0 Å². The van der Waals surface area contributed by atoms with E-state index in [2.05, 4.69) is 68.2 Å². The fraction of sp³-hybridized carbons (Fsp3) is 0.250. The maximum atomic E-state index is 3.49. The Bertz CT molecular complexity index is 536. The molecule has 2 aromatic carbocycles. The van der Waals surface area contributed by atoms with Crippen molar-refractivity contribution in [3.63, 3.8) is 0 Å². The van der Waals surface area contributed by atoms with Gasteiger partial charge in [0.15, 0.2) is 0 Å². The minimum atomic E-state index is -1.26.